The van der Waals surface area contributed by atoms with Gasteiger partial charge in [0.05, 0.1) is 0 Å². The molecule has 1 saturated heterocycles. The average molecular weight is 429 g/mol. The predicted molar refractivity (Wildman–Crippen MR) is 113 cm³/mol. The molecule has 1 N–H and O–H groups in total. The number of rotatable bonds is 5. The predicted octanol–water partition coefficient (Wildman–Crippen LogP) is 1.48. The molecule has 0 saturated carbocycles. The van der Waals surface area contributed by atoms with Gasteiger partial charge >= 0.3 is 0 Å². The second-order valence-corrected chi connectivity index (χ2v) is 9.08. The van der Waals surface area contributed by atoms with Crippen molar-refractivity contribution in [2.75, 3.05) is 36.4 Å². The van der Waals surface area contributed by atoms with Gasteiger partial charge in [0.15, 0.2) is 16.7 Å². The molecule has 1 fully saturated rings. The Balaban J connectivity index is 1.39. The second kappa shape index (κ2) is 8.00. The fourth-order valence-corrected chi connectivity index (χ4v) is 4.69. The third kappa shape index (κ3) is 4.12. The molecular formula is C19H24N8O2S. The van der Waals surface area contributed by atoms with E-state index in [1.54, 1.807) is 24.7 Å². The molecule has 3 aromatic heterocycles. The molecule has 0 amide bonds. The maximum absolute atomic E-state index is 12.8. The number of pyridine rings is 1. The molecular weight excluding hydrogens is 404 g/mol. The van der Waals surface area contributed by atoms with Crippen LogP contribution in [0.3, 0.4) is 0 Å². The summed E-state index contributed by atoms with van der Waals surface area (Å²) in [7, 11) is -1.81. The quantitative estimate of drug-likeness (QED) is 0.651. The molecule has 10 nitrogen and oxygen atoms in total. The lowest BCUT2D eigenvalue weighted by molar-refractivity contribution is 0.382. The van der Waals surface area contributed by atoms with E-state index in [0.29, 0.717) is 49.5 Å². The van der Waals surface area contributed by atoms with E-state index in [-0.39, 0.29) is 5.03 Å². The lowest BCUT2D eigenvalue weighted by Crippen LogP contribution is -2.49. The Labute approximate surface area is 175 Å². The van der Waals surface area contributed by atoms with Gasteiger partial charge in [-0.25, -0.2) is 18.4 Å². The molecule has 0 aliphatic carbocycles. The monoisotopic (exact) mass is 428 g/mol. The van der Waals surface area contributed by atoms with Crippen LogP contribution < -0.4 is 10.2 Å². The number of anilines is 3. The van der Waals surface area contributed by atoms with E-state index < -0.39 is 10.0 Å². The molecule has 0 bridgehead atoms. The first-order valence-corrected chi connectivity index (χ1v) is 11.1. The van der Waals surface area contributed by atoms with Crippen molar-refractivity contribution in [1.82, 2.24) is 29.0 Å². The number of sulfonamides is 1. The lowest BCUT2D eigenvalue weighted by atomic mass is 10.3. The zero-order valence-corrected chi connectivity index (χ0v) is 18.0. The van der Waals surface area contributed by atoms with Gasteiger partial charge in [-0.2, -0.15) is 4.31 Å². The van der Waals surface area contributed by atoms with Crippen LogP contribution >= 0.6 is 0 Å². The summed E-state index contributed by atoms with van der Waals surface area (Å²) in [6.45, 7) is 5.51. The van der Waals surface area contributed by atoms with Crippen LogP contribution in [0.1, 0.15) is 11.5 Å². The average Bonchev–Trinajstić information content (AvgIpc) is 3.08. The van der Waals surface area contributed by atoms with Gasteiger partial charge in [-0.15, -0.1) is 10.2 Å². The Morgan fingerprint density at radius 2 is 1.70 bits per heavy atom. The third-order valence-electron chi connectivity index (χ3n) is 5.05. The summed E-state index contributed by atoms with van der Waals surface area (Å²) in [5.74, 6) is 2.68. The van der Waals surface area contributed by atoms with Crippen molar-refractivity contribution in [2.24, 2.45) is 7.05 Å². The van der Waals surface area contributed by atoms with Crippen LogP contribution in [0.2, 0.25) is 0 Å². The molecule has 0 atom stereocenters. The van der Waals surface area contributed by atoms with Gasteiger partial charge in [0.1, 0.15) is 11.6 Å². The van der Waals surface area contributed by atoms with Crippen molar-refractivity contribution < 1.29 is 8.42 Å². The molecule has 0 unspecified atom stereocenters. The maximum Gasteiger partial charge on any atom is 0.262 e. The number of imidazole rings is 1. The SMILES string of the molecule is Cc1cccc(Nc2ccc(N3CCN(S(=O)(=O)c4cn(C)c(C)n4)CC3)nn2)n1. The second-order valence-electron chi connectivity index (χ2n) is 7.19. The number of aryl methyl sites for hydroxylation is 3. The Morgan fingerprint density at radius 1 is 0.933 bits per heavy atom. The molecule has 0 aromatic carbocycles. The van der Waals surface area contributed by atoms with Crippen LogP contribution in [0.25, 0.3) is 0 Å². The number of piperazine rings is 1. The van der Waals surface area contributed by atoms with E-state index in [9.17, 15) is 8.42 Å². The molecule has 1 aliphatic heterocycles. The van der Waals surface area contributed by atoms with Crippen LogP contribution in [0.15, 0.2) is 41.6 Å². The van der Waals surface area contributed by atoms with Crippen molar-refractivity contribution in [2.45, 2.75) is 18.9 Å². The van der Waals surface area contributed by atoms with E-state index in [2.05, 4.69) is 25.5 Å². The van der Waals surface area contributed by atoms with Crippen molar-refractivity contribution in [3.63, 3.8) is 0 Å². The summed E-state index contributed by atoms with van der Waals surface area (Å²) in [5.41, 5.74) is 0.915. The highest BCUT2D eigenvalue weighted by Gasteiger charge is 2.31. The number of nitrogens with zero attached hydrogens (tertiary/aromatic N) is 7. The van der Waals surface area contributed by atoms with Gasteiger partial charge in [0.25, 0.3) is 10.0 Å². The third-order valence-corrected chi connectivity index (χ3v) is 6.82. The fourth-order valence-electron chi connectivity index (χ4n) is 3.24. The summed E-state index contributed by atoms with van der Waals surface area (Å²) < 4.78 is 28.8. The van der Waals surface area contributed by atoms with Crippen LogP contribution in [-0.2, 0) is 17.1 Å². The summed E-state index contributed by atoms with van der Waals surface area (Å²) in [5, 5.41) is 11.7. The first kappa shape index (κ1) is 20.2. The van der Waals surface area contributed by atoms with Crippen molar-refractivity contribution in [1.29, 1.82) is 0 Å². The summed E-state index contributed by atoms with van der Waals surface area (Å²) in [6.07, 6.45) is 1.55. The first-order valence-electron chi connectivity index (χ1n) is 9.62. The van der Waals surface area contributed by atoms with Crippen LogP contribution in [0.4, 0.5) is 17.5 Å². The number of aromatic nitrogens is 5. The summed E-state index contributed by atoms with van der Waals surface area (Å²) in [4.78, 5) is 10.6. The van der Waals surface area contributed by atoms with Gasteiger partial charge in [-0.3, -0.25) is 0 Å². The van der Waals surface area contributed by atoms with E-state index in [1.165, 1.54) is 4.31 Å². The molecule has 0 spiro atoms. The topological polar surface area (TPSA) is 109 Å². The Bertz CT molecular complexity index is 1120. The fraction of sp³-hybridized carbons (Fsp3) is 0.368. The minimum Gasteiger partial charge on any atom is -0.352 e. The van der Waals surface area contributed by atoms with Gasteiger partial charge in [0, 0.05) is 45.1 Å². The molecule has 3 aromatic rings. The molecule has 30 heavy (non-hydrogen) atoms. The number of hydrogen-bond donors (Lipinski definition) is 1. The Morgan fingerprint density at radius 3 is 2.30 bits per heavy atom. The first-order chi connectivity index (χ1) is 14.3. The van der Waals surface area contributed by atoms with Crippen molar-refractivity contribution in [3.05, 3.63) is 48.0 Å². The highest BCUT2D eigenvalue weighted by Crippen LogP contribution is 2.20. The highest BCUT2D eigenvalue weighted by atomic mass is 32.2. The van der Waals surface area contributed by atoms with Crippen LogP contribution in [0.5, 0.6) is 0 Å². The molecule has 1 aliphatic rings. The largest absolute Gasteiger partial charge is 0.352 e. The molecule has 4 heterocycles. The Kier molecular flexibility index (Phi) is 5.39. The number of nitrogens with one attached hydrogen (secondary N) is 1. The highest BCUT2D eigenvalue weighted by molar-refractivity contribution is 7.89. The normalized spacial score (nSPS) is 15.4. The van der Waals surface area contributed by atoms with Crippen LogP contribution in [-0.4, -0.2) is 63.6 Å². The minimum atomic E-state index is -3.59. The smallest absolute Gasteiger partial charge is 0.262 e. The molecule has 11 heteroatoms. The van der Waals surface area contributed by atoms with E-state index in [4.69, 9.17) is 0 Å². The summed E-state index contributed by atoms with van der Waals surface area (Å²) >= 11 is 0. The summed E-state index contributed by atoms with van der Waals surface area (Å²) in [6, 6.07) is 9.43. The van der Waals surface area contributed by atoms with Crippen molar-refractivity contribution in [3.8, 4) is 0 Å². The van der Waals surface area contributed by atoms with Gasteiger partial charge < -0.3 is 14.8 Å². The van der Waals surface area contributed by atoms with Gasteiger partial charge in [-0.05, 0) is 38.1 Å². The molecule has 4 rings (SSSR count). The zero-order valence-electron chi connectivity index (χ0n) is 17.1. The van der Waals surface area contributed by atoms with E-state index in [1.807, 2.05) is 42.2 Å². The van der Waals surface area contributed by atoms with Gasteiger partial charge in [0.2, 0.25) is 0 Å². The maximum atomic E-state index is 12.8. The minimum absolute atomic E-state index is 0.0935. The zero-order chi connectivity index (χ0) is 21.3. The van der Waals surface area contributed by atoms with E-state index in [0.717, 1.165) is 5.69 Å². The van der Waals surface area contributed by atoms with Crippen LogP contribution in [0, 0.1) is 13.8 Å². The van der Waals surface area contributed by atoms with Gasteiger partial charge in [-0.1, -0.05) is 6.07 Å². The number of hydrogen-bond acceptors (Lipinski definition) is 8. The van der Waals surface area contributed by atoms with E-state index >= 15 is 0 Å². The standard InChI is InChI=1S/C19H24N8O2S/c1-14-5-4-6-16(20-14)22-17-7-8-18(24-23-17)26-9-11-27(12-10-26)30(28,29)19-13-25(3)15(2)21-19/h4-8,13H,9-12H2,1-3H3,(H,20,22,23). The van der Waals surface area contributed by atoms with Crippen molar-refractivity contribution >= 4 is 27.5 Å². The Hall–Kier alpha value is -3.05. The molecule has 158 valence electrons. The lowest BCUT2D eigenvalue weighted by Gasteiger charge is -2.33. The molecule has 0 radical (unpaired) electrons.